The van der Waals surface area contributed by atoms with Crippen LogP contribution in [0, 0.1) is 6.92 Å². The standard InChI is InChI=1S/C31H26N6O3/c1-19-26-27(21-14-15-23(38-2)24(17-21)39-3)28-29-33-25(16-20-10-6-4-7-11-20)35-36(29)18-32-30(28)40-31(26)37(34-19)22-12-8-5-9-13-22/h4-15,17-18,27H,16H2,1-3H3. The number of benzene rings is 3. The Morgan fingerprint density at radius 2 is 1.60 bits per heavy atom. The third-order valence-corrected chi connectivity index (χ3v) is 7.21. The van der Waals surface area contributed by atoms with Crippen molar-refractivity contribution in [3.8, 4) is 28.9 Å². The second-order valence-electron chi connectivity index (χ2n) is 9.62. The lowest BCUT2D eigenvalue weighted by Crippen LogP contribution is -2.16. The average molecular weight is 531 g/mol. The number of fused-ring (bicyclic) bond motifs is 4. The molecule has 0 bridgehead atoms. The molecule has 198 valence electrons. The van der Waals surface area contributed by atoms with Gasteiger partial charge in [-0.2, -0.15) is 5.10 Å². The minimum absolute atomic E-state index is 0.291. The van der Waals surface area contributed by atoms with Gasteiger partial charge in [-0.15, -0.1) is 5.10 Å². The average Bonchev–Trinajstić information content (AvgIpc) is 3.56. The summed E-state index contributed by atoms with van der Waals surface area (Å²) in [4.78, 5) is 9.69. The first kappa shape index (κ1) is 23.9. The predicted octanol–water partition coefficient (Wildman–Crippen LogP) is 5.51. The van der Waals surface area contributed by atoms with Crippen LogP contribution in [0.5, 0.6) is 23.3 Å². The van der Waals surface area contributed by atoms with Crippen molar-refractivity contribution in [3.05, 3.63) is 119 Å². The van der Waals surface area contributed by atoms with E-state index in [1.54, 1.807) is 25.1 Å². The Balaban J connectivity index is 1.45. The zero-order chi connectivity index (χ0) is 27.2. The van der Waals surface area contributed by atoms with E-state index in [1.807, 2.05) is 78.3 Å². The zero-order valence-electron chi connectivity index (χ0n) is 22.3. The van der Waals surface area contributed by atoms with Gasteiger partial charge in [-0.1, -0.05) is 54.6 Å². The Hall–Kier alpha value is -5.18. The number of nitrogens with zero attached hydrogens (tertiary/aromatic N) is 6. The molecule has 0 saturated carbocycles. The van der Waals surface area contributed by atoms with Crippen LogP contribution in [0.3, 0.4) is 0 Å². The number of rotatable bonds is 6. The molecule has 1 atom stereocenters. The van der Waals surface area contributed by atoms with Gasteiger partial charge in [0.15, 0.2) is 23.0 Å². The first-order valence-electron chi connectivity index (χ1n) is 13.0. The summed E-state index contributed by atoms with van der Waals surface area (Å²) in [5.74, 6) is 2.79. The quantitative estimate of drug-likeness (QED) is 0.280. The van der Waals surface area contributed by atoms with Crippen LogP contribution in [0.15, 0.2) is 85.2 Å². The normalized spacial score (nSPS) is 13.9. The van der Waals surface area contributed by atoms with E-state index in [0.29, 0.717) is 41.2 Å². The number of hydrogen-bond donors (Lipinski definition) is 0. The number of aromatic nitrogens is 6. The van der Waals surface area contributed by atoms with Gasteiger partial charge in [-0.25, -0.2) is 19.2 Å². The van der Waals surface area contributed by atoms with Crippen LogP contribution in [0.2, 0.25) is 0 Å². The lowest BCUT2D eigenvalue weighted by Gasteiger charge is -2.26. The largest absolute Gasteiger partial charge is 0.493 e. The molecule has 0 N–H and O–H groups in total. The van der Waals surface area contributed by atoms with Gasteiger partial charge in [0, 0.05) is 6.42 Å². The Morgan fingerprint density at radius 3 is 2.35 bits per heavy atom. The number of ether oxygens (including phenoxy) is 3. The Kier molecular flexibility index (Phi) is 5.70. The summed E-state index contributed by atoms with van der Waals surface area (Å²) in [5, 5.41) is 9.66. The van der Waals surface area contributed by atoms with Crippen molar-refractivity contribution in [2.75, 3.05) is 14.2 Å². The molecule has 7 rings (SSSR count). The van der Waals surface area contributed by atoms with E-state index in [0.717, 1.165) is 33.6 Å². The van der Waals surface area contributed by atoms with Gasteiger partial charge in [0.25, 0.3) is 0 Å². The van der Waals surface area contributed by atoms with Crippen LogP contribution in [0.25, 0.3) is 11.3 Å². The molecule has 0 saturated heterocycles. The molecule has 0 aliphatic carbocycles. The van der Waals surface area contributed by atoms with Crippen LogP contribution in [0.4, 0.5) is 0 Å². The first-order chi connectivity index (χ1) is 19.6. The lowest BCUT2D eigenvalue weighted by atomic mass is 9.84. The summed E-state index contributed by atoms with van der Waals surface area (Å²) < 4.78 is 21.3. The van der Waals surface area contributed by atoms with E-state index in [-0.39, 0.29) is 5.92 Å². The number of methoxy groups -OCH3 is 2. The minimum atomic E-state index is -0.291. The molecule has 1 unspecified atom stereocenters. The summed E-state index contributed by atoms with van der Waals surface area (Å²) >= 11 is 0. The minimum Gasteiger partial charge on any atom is -0.493 e. The summed E-state index contributed by atoms with van der Waals surface area (Å²) in [6.07, 6.45) is 2.26. The lowest BCUT2D eigenvalue weighted by molar-refractivity contribution is 0.354. The summed E-state index contributed by atoms with van der Waals surface area (Å²) in [7, 11) is 3.27. The molecule has 1 aliphatic heterocycles. The molecular formula is C31H26N6O3. The second kappa shape index (κ2) is 9.53. The van der Waals surface area contributed by atoms with Crippen molar-refractivity contribution >= 4 is 5.65 Å². The van der Waals surface area contributed by atoms with Crippen molar-refractivity contribution in [1.29, 1.82) is 0 Å². The molecule has 9 heteroatoms. The van der Waals surface area contributed by atoms with Crippen molar-refractivity contribution in [3.63, 3.8) is 0 Å². The van der Waals surface area contributed by atoms with Gasteiger partial charge in [-0.3, -0.25) is 0 Å². The Bertz CT molecular complexity index is 1850. The Labute approximate surface area is 230 Å². The van der Waals surface area contributed by atoms with Gasteiger partial charge in [-0.05, 0) is 42.3 Å². The van der Waals surface area contributed by atoms with E-state index in [1.165, 1.54) is 0 Å². The highest BCUT2D eigenvalue weighted by molar-refractivity contribution is 5.67. The highest BCUT2D eigenvalue weighted by Crippen LogP contribution is 2.50. The van der Waals surface area contributed by atoms with Crippen molar-refractivity contribution in [1.82, 2.24) is 29.4 Å². The second-order valence-corrected chi connectivity index (χ2v) is 9.62. The fourth-order valence-electron chi connectivity index (χ4n) is 5.39. The fraction of sp³-hybridized carbons (Fsp3) is 0.161. The number of para-hydroxylation sites is 1. The summed E-state index contributed by atoms with van der Waals surface area (Å²) in [6, 6.07) is 26.1. The van der Waals surface area contributed by atoms with Gasteiger partial charge < -0.3 is 14.2 Å². The van der Waals surface area contributed by atoms with Crippen LogP contribution in [0.1, 0.15) is 39.7 Å². The molecule has 6 aromatic rings. The van der Waals surface area contributed by atoms with Gasteiger partial charge in [0.2, 0.25) is 11.8 Å². The molecule has 0 radical (unpaired) electrons. The molecule has 3 aromatic heterocycles. The zero-order valence-corrected chi connectivity index (χ0v) is 22.3. The summed E-state index contributed by atoms with van der Waals surface area (Å²) in [5.41, 5.74) is 6.30. The molecule has 0 fully saturated rings. The topological polar surface area (TPSA) is 88.6 Å². The molecule has 1 aliphatic rings. The van der Waals surface area contributed by atoms with Crippen LogP contribution >= 0.6 is 0 Å². The predicted molar refractivity (Wildman–Crippen MR) is 149 cm³/mol. The third-order valence-electron chi connectivity index (χ3n) is 7.21. The molecule has 0 spiro atoms. The van der Waals surface area contributed by atoms with E-state index < -0.39 is 0 Å². The Morgan fingerprint density at radius 1 is 0.850 bits per heavy atom. The molecule has 40 heavy (non-hydrogen) atoms. The van der Waals surface area contributed by atoms with Crippen LogP contribution < -0.4 is 14.2 Å². The van der Waals surface area contributed by atoms with Gasteiger partial charge >= 0.3 is 0 Å². The first-order valence-corrected chi connectivity index (χ1v) is 13.0. The van der Waals surface area contributed by atoms with E-state index in [4.69, 9.17) is 34.4 Å². The van der Waals surface area contributed by atoms with Crippen LogP contribution in [-0.4, -0.2) is 43.6 Å². The van der Waals surface area contributed by atoms with Gasteiger partial charge in [0.05, 0.1) is 42.6 Å². The number of aryl methyl sites for hydroxylation is 1. The van der Waals surface area contributed by atoms with E-state index in [2.05, 4.69) is 12.1 Å². The van der Waals surface area contributed by atoms with E-state index in [9.17, 15) is 0 Å². The maximum atomic E-state index is 6.52. The monoisotopic (exact) mass is 530 g/mol. The fourth-order valence-corrected chi connectivity index (χ4v) is 5.39. The van der Waals surface area contributed by atoms with Crippen molar-refractivity contribution < 1.29 is 14.2 Å². The smallest absolute Gasteiger partial charge is 0.230 e. The van der Waals surface area contributed by atoms with Crippen molar-refractivity contribution in [2.45, 2.75) is 19.3 Å². The highest BCUT2D eigenvalue weighted by atomic mass is 16.5. The van der Waals surface area contributed by atoms with Crippen LogP contribution in [-0.2, 0) is 6.42 Å². The highest BCUT2D eigenvalue weighted by Gasteiger charge is 2.38. The third kappa shape index (κ3) is 3.86. The molecule has 0 amide bonds. The maximum Gasteiger partial charge on any atom is 0.230 e. The molecule has 4 heterocycles. The van der Waals surface area contributed by atoms with Crippen molar-refractivity contribution in [2.24, 2.45) is 0 Å². The number of hydrogen-bond acceptors (Lipinski definition) is 7. The molecule has 9 nitrogen and oxygen atoms in total. The van der Waals surface area contributed by atoms with E-state index >= 15 is 0 Å². The summed E-state index contributed by atoms with van der Waals surface area (Å²) in [6.45, 7) is 2.00. The maximum absolute atomic E-state index is 6.52. The SMILES string of the molecule is COc1ccc(C2c3c(C)nn(-c4ccccc4)c3Oc3ncn4nc(Cc5ccccc5)nc4c32)cc1OC. The van der Waals surface area contributed by atoms with Gasteiger partial charge in [0.1, 0.15) is 6.33 Å². The molecule has 3 aromatic carbocycles. The molecular weight excluding hydrogens is 504 g/mol.